The molecule has 0 amide bonds. The van der Waals surface area contributed by atoms with Gasteiger partial charge in [0.05, 0.1) is 11.9 Å². The van der Waals surface area contributed by atoms with E-state index in [1.165, 1.54) is 6.20 Å². The van der Waals surface area contributed by atoms with E-state index in [-0.39, 0.29) is 6.04 Å². The topological polar surface area (TPSA) is 64.9 Å². The molecule has 1 aromatic rings. The van der Waals surface area contributed by atoms with Gasteiger partial charge in [-0.3, -0.25) is 0 Å². The number of nitrogens with two attached hydrogens (primary N) is 2. The zero-order valence-corrected chi connectivity index (χ0v) is 6.97. The molecule has 0 saturated carbocycles. The van der Waals surface area contributed by atoms with Crippen molar-refractivity contribution < 1.29 is 0 Å². The summed E-state index contributed by atoms with van der Waals surface area (Å²) in [5.74, 6) is 0. The maximum Gasteiger partial charge on any atom is 0.133 e. The molecule has 0 aromatic carbocycles. The second-order valence-electron chi connectivity index (χ2n) is 2.44. The summed E-state index contributed by atoms with van der Waals surface area (Å²) in [6.07, 6.45) is 1.51. The average molecular weight is 172 g/mol. The minimum absolute atomic E-state index is 0.126. The Labute approximate surface area is 70.4 Å². The molecule has 0 fully saturated rings. The van der Waals surface area contributed by atoms with E-state index in [9.17, 15) is 0 Å². The fourth-order valence-corrected chi connectivity index (χ4v) is 1.08. The summed E-state index contributed by atoms with van der Waals surface area (Å²) in [7, 11) is 0. The van der Waals surface area contributed by atoms with Crippen molar-refractivity contribution in [3.05, 3.63) is 23.0 Å². The highest BCUT2D eigenvalue weighted by molar-refractivity contribution is 6.30. The van der Waals surface area contributed by atoms with Crippen LogP contribution in [-0.2, 0) is 0 Å². The van der Waals surface area contributed by atoms with Crippen molar-refractivity contribution in [3.8, 4) is 0 Å². The van der Waals surface area contributed by atoms with Crippen LogP contribution in [-0.4, -0.2) is 4.98 Å². The van der Waals surface area contributed by atoms with Crippen LogP contribution in [0.4, 0.5) is 5.69 Å². The highest BCUT2D eigenvalue weighted by Crippen LogP contribution is 2.20. The number of anilines is 1. The van der Waals surface area contributed by atoms with E-state index in [2.05, 4.69) is 4.98 Å². The van der Waals surface area contributed by atoms with Crippen molar-refractivity contribution in [2.75, 3.05) is 5.73 Å². The summed E-state index contributed by atoms with van der Waals surface area (Å²) in [5, 5.41) is 0.425. The Morgan fingerprint density at radius 3 is 2.73 bits per heavy atom. The molecule has 0 radical (unpaired) electrons. The Kier molecular flexibility index (Phi) is 2.31. The first kappa shape index (κ1) is 8.30. The summed E-state index contributed by atoms with van der Waals surface area (Å²) in [6.45, 7) is 1.84. The fraction of sp³-hybridized carbons (Fsp3) is 0.286. The molecule has 4 heteroatoms. The van der Waals surface area contributed by atoms with Gasteiger partial charge in [0.15, 0.2) is 0 Å². The molecule has 1 rings (SSSR count). The number of hydrogen-bond acceptors (Lipinski definition) is 3. The van der Waals surface area contributed by atoms with E-state index in [4.69, 9.17) is 23.1 Å². The number of halogens is 1. The van der Waals surface area contributed by atoms with Crippen LogP contribution in [0.1, 0.15) is 18.5 Å². The van der Waals surface area contributed by atoms with Crippen LogP contribution in [0.25, 0.3) is 0 Å². The molecule has 3 nitrogen and oxygen atoms in total. The third-order valence-corrected chi connectivity index (χ3v) is 1.69. The highest BCUT2D eigenvalue weighted by Gasteiger charge is 2.05. The fourth-order valence-electron chi connectivity index (χ4n) is 0.801. The molecule has 1 atom stereocenters. The van der Waals surface area contributed by atoms with E-state index >= 15 is 0 Å². The van der Waals surface area contributed by atoms with Gasteiger partial charge in [0.2, 0.25) is 0 Å². The molecule has 0 aliphatic rings. The molecule has 1 aromatic heterocycles. The van der Waals surface area contributed by atoms with Crippen molar-refractivity contribution in [2.45, 2.75) is 13.0 Å². The lowest BCUT2D eigenvalue weighted by molar-refractivity contribution is 0.812. The number of rotatable bonds is 1. The van der Waals surface area contributed by atoms with Crippen LogP contribution < -0.4 is 11.5 Å². The van der Waals surface area contributed by atoms with Gasteiger partial charge in [-0.2, -0.15) is 0 Å². The second kappa shape index (κ2) is 3.07. The molecule has 0 saturated heterocycles. The third kappa shape index (κ3) is 1.82. The van der Waals surface area contributed by atoms with Gasteiger partial charge in [0.1, 0.15) is 5.15 Å². The van der Waals surface area contributed by atoms with Gasteiger partial charge in [-0.15, -0.1) is 0 Å². The van der Waals surface area contributed by atoms with Gasteiger partial charge in [0.25, 0.3) is 0 Å². The Bertz CT molecular complexity index is 260. The van der Waals surface area contributed by atoms with E-state index in [0.29, 0.717) is 10.8 Å². The van der Waals surface area contributed by atoms with Crippen molar-refractivity contribution in [3.63, 3.8) is 0 Å². The number of aromatic nitrogens is 1. The van der Waals surface area contributed by atoms with E-state index in [0.717, 1.165) is 5.56 Å². The molecular formula is C7H10ClN3. The Balaban J connectivity index is 3.13. The molecule has 60 valence electrons. The van der Waals surface area contributed by atoms with Gasteiger partial charge < -0.3 is 11.5 Å². The zero-order chi connectivity index (χ0) is 8.43. The summed E-state index contributed by atoms with van der Waals surface area (Å²) >= 11 is 5.74. The molecular weight excluding hydrogens is 162 g/mol. The minimum atomic E-state index is -0.126. The van der Waals surface area contributed by atoms with E-state index in [1.54, 1.807) is 6.07 Å². The number of hydrogen-bond donors (Lipinski definition) is 2. The maximum atomic E-state index is 5.74. The predicted octanol–water partition coefficient (Wildman–Crippen LogP) is 1.34. The van der Waals surface area contributed by atoms with Gasteiger partial charge in [-0.05, 0) is 13.0 Å². The number of nitrogens with zero attached hydrogens (tertiary/aromatic N) is 1. The summed E-state index contributed by atoms with van der Waals surface area (Å²) in [5.41, 5.74) is 12.5. The van der Waals surface area contributed by atoms with Gasteiger partial charge in [0, 0.05) is 11.6 Å². The predicted molar refractivity (Wildman–Crippen MR) is 46.3 cm³/mol. The highest BCUT2D eigenvalue weighted by atomic mass is 35.5. The van der Waals surface area contributed by atoms with E-state index in [1.807, 2.05) is 6.92 Å². The Morgan fingerprint density at radius 1 is 1.64 bits per heavy atom. The van der Waals surface area contributed by atoms with Crippen LogP contribution in [0, 0.1) is 0 Å². The quantitative estimate of drug-likeness (QED) is 0.627. The van der Waals surface area contributed by atoms with Crippen LogP contribution >= 0.6 is 11.6 Å². The maximum absolute atomic E-state index is 5.74. The van der Waals surface area contributed by atoms with Gasteiger partial charge >= 0.3 is 0 Å². The molecule has 1 heterocycles. The van der Waals surface area contributed by atoms with Crippen LogP contribution in [0.15, 0.2) is 12.3 Å². The lowest BCUT2D eigenvalue weighted by Gasteiger charge is -2.06. The van der Waals surface area contributed by atoms with Crippen molar-refractivity contribution in [1.82, 2.24) is 4.98 Å². The number of pyridine rings is 1. The first-order valence-corrected chi connectivity index (χ1v) is 3.65. The van der Waals surface area contributed by atoms with E-state index < -0.39 is 0 Å². The monoisotopic (exact) mass is 171 g/mol. The summed E-state index contributed by atoms with van der Waals surface area (Å²) in [6, 6.07) is 1.61. The summed E-state index contributed by atoms with van der Waals surface area (Å²) < 4.78 is 0. The molecule has 0 spiro atoms. The minimum Gasteiger partial charge on any atom is -0.397 e. The normalized spacial score (nSPS) is 13.0. The lowest BCUT2D eigenvalue weighted by atomic mass is 10.1. The molecule has 0 aliphatic heterocycles. The number of nitrogen functional groups attached to an aromatic ring is 1. The summed E-state index contributed by atoms with van der Waals surface area (Å²) in [4.78, 5) is 3.86. The average Bonchev–Trinajstić information content (AvgIpc) is 1.94. The van der Waals surface area contributed by atoms with Gasteiger partial charge in [-0.25, -0.2) is 4.98 Å². The molecule has 1 unspecified atom stereocenters. The lowest BCUT2D eigenvalue weighted by Crippen LogP contribution is -2.07. The first-order valence-electron chi connectivity index (χ1n) is 3.27. The van der Waals surface area contributed by atoms with Gasteiger partial charge in [-0.1, -0.05) is 11.6 Å². The first-order chi connectivity index (χ1) is 5.11. The second-order valence-corrected chi connectivity index (χ2v) is 2.80. The van der Waals surface area contributed by atoms with Crippen LogP contribution in [0.5, 0.6) is 0 Å². The molecule has 0 bridgehead atoms. The van der Waals surface area contributed by atoms with Crippen molar-refractivity contribution in [2.24, 2.45) is 5.73 Å². The van der Waals surface area contributed by atoms with Crippen LogP contribution in [0.2, 0.25) is 5.15 Å². The SMILES string of the molecule is CC(N)c1cc(N)cnc1Cl. The van der Waals surface area contributed by atoms with Crippen LogP contribution in [0.3, 0.4) is 0 Å². The van der Waals surface area contributed by atoms with Crippen molar-refractivity contribution >= 4 is 17.3 Å². The molecule has 11 heavy (non-hydrogen) atoms. The largest absolute Gasteiger partial charge is 0.397 e. The van der Waals surface area contributed by atoms with Crippen molar-refractivity contribution in [1.29, 1.82) is 0 Å². The molecule has 0 aliphatic carbocycles. The molecule has 4 N–H and O–H groups in total. The smallest absolute Gasteiger partial charge is 0.133 e. The zero-order valence-electron chi connectivity index (χ0n) is 6.21. The standard InChI is InChI=1S/C7H10ClN3/c1-4(9)6-2-5(10)3-11-7(6)8/h2-4H,9-10H2,1H3. The Morgan fingerprint density at radius 2 is 2.27 bits per heavy atom. The third-order valence-electron chi connectivity index (χ3n) is 1.38. The Hall–Kier alpha value is -0.800.